The van der Waals surface area contributed by atoms with Crippen LogP contribution in [0.4, 0.5) is 18.9 Å². The second-order valence-electron chi connectivity index (χ2n) is 14.6. The average molecular weight is 769 g/mol. The van der Waals surface area contributed by atoms with Gasteiger partial charge in [0.2, 0.25) is 0 Å². The molecule has 1 N–H and O–H groups in total. The first-order valence-corrected chi connectivity index (χ1v) is 20.1. The van der Waals surface area contributed by atoms with Crippen molar-refractivity contribution in [3.8, 4) is 0 Å². The molecule has 1 amide bonds. The van der Waals surface area contributed by atoms with Gasteiger partial charge in [-0.25, -0.2) is 4.57 Å². The van der Waals surface area contributed by atoms with E-state index in [1.807, 2.05) is 49.4 Å². The van der Waals surface area contributed by atoms with Crippen molar-refractivity contribution in [3.63, 3.8) is 0 Å². The minimum absolute atomic E-state index is 0.120. The summed E-state index contributed by atoms with van der Waals surface area (Å²) in [4.78, 5) is 17.7. The van der Waals surface area contributed by atoms with Crippen molar-refractivity contribution in [3.05, 3.63) is 167 Å². The molecular formula is C44H44F3N2O5P. The minimum atomic E-state index is -4.88. The molecule has 11 heteroatoms. The molecule has 55 heavy (non-hydrogen) atoms. The van der Waals surface area contributed by atoms with Gasteiger partial charge in [-0.2, -0.15) is 13.2 Å². The van der Waals surface area contributed by atoms with Gasteiger partial charge in [0, 0.05) is 11.8 Å². The van der Waals surface area contributed by atoms with Crippen molar-refractivity contribution in [1.82, 2.24) is 4.98 Å². The lowest BCUT2D eigenvalue weighted by molar-refractivity contribution is -0.274. The summed E-state index contributed by atoms with van der Waals surface area (Å²) in [5.41, 5.74) is 2.55. The first-order chi connectivity index (χ1) is 26.5. The first kappa shape index (κ1) is 38.7. The Bertz CT molecular complexity index is 2090. The van der Waals surface area contributed by atoms with Gasteiger partial charge >= 0.3 is 14.0 Å². The molecule has 2 aliphatic rings. The van der Waals surface area contributed by atoms with Gasteiger partial charge in [0.1, 0.15) is 0 Å². The quantitative estimate of drug-likeness (QED) is 0.120. The minimum Gasteiger partial charge on any atom is -0.320 e. The summed E-state index contributed by atoms with van der Waals surface area (Å²) in [6.07, 6.45) is -1.82. The van der Waals surface area contributed by atoms with Gasteiger partial charge in [-0.15, -0.1) is 0 Å². The number of alkyl halides is 3. The van der Waals surface area contributed by atoms with Gasteiger partial charge in [0.05, 0.1) is 24.6 Å². The van der Waals surface area contributed by atoms with Crippen LogP contribution in [-0.2, 0) is 49.6 Å². The second-order valence-corrected chi connectivity index (χ2v) is 16.2. The number of aromatic nitrogens is 1. The highest BCUT2D eigenvalue weighted by molar-refractivity contribution is 7.48. The molecule has 0 radical (unpaired) electrons. The normalized spacial score (nSPS) is 21.0. The number of halogens is 3. The molecule has 1 fully saturated rings. The number of rotatable bonds is 13. The zero-order chi connectivity index (χ0) is 38.5. The van der Waals surface area contributed by atoms with Crippen LogP contribution >= 0.6 is 7.82 Å². The van der Waals surface area contributed by atoms with E-state index < -0.39 is 43.8 Å². The smallest absolute Gasteiger partial charge is 0.320 e. The van der Waals surface area contributed by atoms with Crippen molar-refractivity contribution in [2.45, 2.75) is 82.3 Å². The third kappa shape index (κ3) is 8.63. The zero-order valence-electron chi connectivity index (χ0n) is 30.6. The van der Waals surface area contributed by atoms with Crippen LogP contribution in [0.25, 0.3) is 0 Å². The van der Waals surface area contributed by atoms with E-state index in [0.717, 1.165) is 16.7 Å². The SMILES string of the molecule is Cc1ncccc1NC(=O)c1ccc2c(c1)CC[C@@H]1C[C@@](OP(=O)(OCc3ccccc3)OCc3ccccc3)(C(F)(F)F)CC[C@@]21CCc1ccccc1. The number of amides is 1. The lowest BCUT2D eigenvalue weighted by Gasteiger charge is -2.54. The highest BCUT2D eigenvalue weighted by Crippen LogP contribution is 2.64. The summed E-state index contributed by atoms with van der Waals surface area (Å²) in [7, 11) is -4.80. The van der Waals surface area contributed by atoms with Crippen LogP contribution < -0.4 is 5.32 Å². The Hall–Kier alpha value is -4.60. The van der Waals surface area contributed by atoms with E-state index >= 15 is 13.2 Å². The summed E-state index contributed by atoms with van der Waals surface area (Å²) >= 11 is 0. The summed E-state index contributed by atoms with van der Waals surface area (Å²) in [5, 5.41) is 2.94. The molecule has 286 valence electrons. The number of phosphoric ester groups is 1. The molecule has 1 aromatic heterocycles. The van der Waals surface area contributed by atoms with Crippen LogP contribution in [-0.4, -0.2) is 22.7 Å². The number of nitrogens with zero attached hydrogens (tertiary/aromatic N) is 1. The number of pyridine rings is 1. The predicted molar refractivity (Wildman–Crippen MR) is 205 cm³/mol. The Labute approximate surface area is 319 Å². The Morgan fingerprint density at radius 1 is 0.836 bits per heavy atom. The fourth-order valence-electron chi connectivity index (χ4n) is 8.25. The maximum absolute atomic E-state index is 15.6. The number of hydrogen-bond acceptors (Lipinski definition) is 6. The van der Waals surface area contributed by atoms with Gasteiger partial charge in [-0.05, 0) is 115 Å². The number of benzene rings is 4. The van der Waals surface area contributed by atoms with Crippen molar-refractivity contribution in [2.75, 3.05) is 5.32 Å². The van der Waals surface area contributed by atoms with E-state index in [4.69, 9.17) is 13.6 Å². The summed E-state index contributed by atoms with van der Waals surface area (Å²) in [5.74, 6) is -0.761. The Balaban J connectivity index is 1.21. The maximum Gasteiger partial charge on any atom is 0.476 e. The lowest BCUT2D eigenvalue weighted by Crippen LogP contribution is -2.57. The maximum atomic E-state index is 15.6. The van der Waals surface area contributed by atoms with E-state index in [1.165, 1.54) is 0 Å². The number of phosphoric acid groups is 1. The van der Waals surface area contributed by atoms with Crippen molar-refractivity contribution in [1.29, 1.82) is 0 Å². The van der Waals surface area contributed by atoms with E-state index in [9.17, 15) is 9.36 Å². The Kier molecular flexibility index (Phi) is 11.4. The number of carbonyl (C=O) groups is 1. The molecule has 0 spiro atoms. The van der Waals surface area contributed by atoms with Crippen LogP contribution in [0.15, 0.2) is 128 Å². The molecule has 0 aliphatic heterocycles. The van der Waals surface area contributed by atoms with Crippen LogP contribution in [0.1, 0.15) is 76.0 Å². The van der Waals surface area contributed by atoms with E-state index in [1.54, 1.807) is 85.1 Å². The highest BCUT2D eigenvalue weighted by Gasteiger charge is 2.65. The molecule has 5 aromatic rings. The van der Waals surface area contributed by atoms with Gasteiger partial charge < -0.3 is 5.32 Å². The fourth-order valence-corrected chi connectivity index (χ4v) is 9.74. The molecule has 3 atom stereocenters. The molecule has 7 nitrogen and oxygen atoms in total. The molecular weight excluding hydrogens is 724 g/mol. The molecule has 7 rings (SSSR count). The third-order valence-electron chi connectivity index (χ3n) is 11.2. The number of aryl methyl sites for hydroxylation is 3. The van der Waals surface area contributed by atoms with E-state index in [-0.39, 0.29) is 25.5 Å². The van der Waals surface area contributed by atoms with Gasteiger partial charge in [0.25, 0.3) is 5.91 Å². The number of hydrogen-bond donors (Lipinski definition) is 1. The lowest BCUT2D eigenvalue weighted by atomic mass is 9.52. The molecule has 0 unspecified atom stereocenters. The standard InChI is InChI=1S/C44H44F3N2O5P/c1-32-40(18-11-27-48-32)49-41(50)37-20-22-39-36(28-37)19-21-38-29-43(44(45,46)47,26-25-42(38,39)24-23-33-12-5-2-6-13-33)54-55(51,52-30-34-14-7-3-8-15-34)53-31-35-16-9-4-10-17-35/h2-18,20,22,27-28,38H,19,21,23-26,29-31H2,1H3,(H,49,50)/t38-,42-,43-/m1/s1. The number of nitrogens with one attached hydrogen (secondary N) is 1. The largest absolute Gasteiger partial charge is 0.476 e. The number of anilines is 1. The number of carbonyl (C=O) groups excluding carboxylic acids is 1. The first-order valence-electron chi connectivity index (χ1n) is 18.6. The molecule has 0 bridgehead atoms. The monoisotopic (exact) mass is 768 g/mol. The zero-order valence-corrected chi connectivity index (χ0v) is 31.5. The van der Waals surface area contributed by atoms with Gasteiger partial charge in [0.15, 0.2) is 5.60 Å². The van der Waals surface area contributed by atoms with Crippen LogP contribution in [0, 0.1) is 12.8 Å². The van der Waals surface area contributed by atoms with Crippen LogP contribution in [0.3, 0.4) is 0 Å². The van der Waals surface area contributed by atoms with Crippen molar-refractivity contribution >= 4 is 19.4 Å². The number of fused-ring (bicyclic) bond motifs is 3. The van der Waals surface area contributed by atoms with Crippen molar-refractivity contribution < 1.29 is 36.1 Å². The Morgan fingerprint density at radius 2 is 1.45 bits per heavy atom. The van der Waals surface area contributed by atoms with E-state index in [2.05, 4.69) is 10.3 Å². The predicted octanol–water partition coefficient (Wildman–Crippen LogP) is 11.1. The highest BCUT2D eigenvalue weighted by atomic mass is 31.2. The molecule has 1 heterocycles. The molecule has 4 aromatic carbocycles. The Morgan fingerprint density at radius 3 is 2.05 bits per heavy atom. The molecule has 0 saturated heterocycles. The molecule has 1 saturated carbocycles. The van der Waals surface area contributed by atoms with Gasteiger partial charge in [-0.3, -0.25) is 23.3 Å². The average Bonchev–Trinajstić information content (AvgIpc) is 3.20. The van der Waals surface area contributed by atoms with Crippen LogP contribution in [0.2, 0.25) is 0 Å². The van der Waals surface area contributed by atoms with E-state index in [0.29, 0.717) is 53.8 Å². The second kappa shape index (κ2) is 16.2. The third-order valence-corrected chi connectivity index (χ3v) is 12.7. The van der Waals surface area contributed by atoms with Crippen molar-refractivity contribution in [2.24, 2.45) is 5.92 Å². The topological polar surface area (TPSA) is 86.8 Å². The fraction of sp³-hybridized carbons (Fsp3) is 0.318. The summed E-state index contributed by atoms with van der Waals surface area (Å²) in [6.45, 7) is 1.31. The summed E-state index contributed by atoms with van der Waals surface area (Å²) < 4.78 is 78.7. The van der Waals surface area contributed by atoms with Gasteiger partial charge in [-0.1, -0.05) is 97.1 Å². The van der Waals surface area contributed by atoms with Crippen LogP contribution in [0.5, 0.6) is 0 Å². The molecule has 2 aliphatic carbocycles. The summed E-state index contributed by atoms with van der Waals surface area (Å²) in [6, 6.07) is 36.6.